The summed E-state index contributed by atoms with van der Waals surface area (Å²) >= 11 is 3.40. The van der Waals surface area contributed by atoms with Gasteiger partial charge in [0.25, 0.3) is 5.91 Å². The van der Waals surface area contributed by atoms with Crippen molar-refractivity contribution < 1.29 is 9.53 Å². The van der Waals surface area contributed by atoms with Crippen molar-refractivity contribution in [3.05, 3.63) is 22.4 Å². The molecular weight excluding hydrogens is 310 g/mol. The van der Waals surface area contributed by atoms with Crippen LogP contribution in [-0.2, 0) is 11.3 Å². The average Bonchev–Trinajstić information content (AvgIpc) is 2.81. The minimum atomic E-state index is -0.0131. The van der Waals surface area contributed by atoms with E-state index in [1.165, 1.54) is 0 Å². The number of hydrogen-bond donors (Lipinski definition) is 1. The zero-order valence-electron chi connectivity index (χ0n) is 11.2. The number of carbonyl (C=O) groups excluding carboxylic acids is 1. The van der Waals surface area contributed by atoms with Crippen LogP contribution in [0.25, 0.3) is 0 Å². The summed E-state index contributed by atoms with van der Waals surface area (Å²) in [5.74, 6) is -0.0131. The number of aromatic nitrogens is 1. The fraction of sp³-hybridized carbons (Fsp3) is 0.615. The second-order valence-electron chi connectivity index (χ2n) is 4.54. The molecule has 2 heterocycles. The molecule has 1 aromatic heterocycles. The van der Waals surface area contributed by atoms with Crippen molar-refractivity contribution in [2.24, 2.45) is 0 Å². The van der Waals surface area contributed by atoms with E-state index in [-0.39, 0.29) is 5.91 Å². The van der Waals surface area contributed by atoms with Crippen LogP contribution in [0.1, 0.15) is 17.4 Å². The highest BCUT2D eigenvalue weighted by atomic mass is 79.9. The van der Waals surface area contributed by atoms with Gasteiger partial charge in [0.1, 0.15) is 5.69 Å². The van der Waals surface area contributed by atoms with Crippen LogP contribution in [0.2, 0.25) is 0 Å². The van der Waals surface area contributed by atoms with E-state index in [9.17, 15) is 4.79 Å². The first-order chi connectivity index (χ1) is 9.20. The van der Waals surface area contributed by atoms with Crippen LogP contribution in [0.5, 0.6) is 0 Å². The molecule has 19 heavy (non-hydrogen) atoms. The first-order valence-corrected chi connectivity index (χ1v) is 7.44. The van der Waals surface area contributed by atoms with E-state index in [2.05, 4.69) is 26.1 Å². The predicted molar refractivity (Wildman–Crippen MR) is 77.4 cm³/mol. The Balaban J connectivity index is 1.80. The lowest BCUT2D eigenvalue weighted by Crippen LogP contribution is -2.41. The molecule has 1 fully saturated rings. The fourth-order valence-electron chi connectivity index (χ4n) is 2.17. The number of rotatable bonds is 5. The lowest BCUT2D eigenvalue weighted by Gasteiger charge is -2.26. The Labute approximate surface area is 122 Å². The zero-order chi connectivity index (χ0) is 13.7. The molecule has 0 radical (unpaired) electrons. The van der Waals surface area contributed by atoms with Gasteiger partial charge in [-0.15, -0.1) is 0 Å². The van der Waals surface area contributed by atoms with Crippen LogP contribution in [0.15, 0.2) is 16.7 Å². The Kier molecular flexibility index (Phi) is 5.42. The molecular formula is C13H20BrN3O2. The summed E-state index contributed by atoms with van der Waals surface area (Å²) in [5, 5.41) is 2.97. The van der Waals surface area contributed by atoms with Crippen LogP contribution in [0.3, 0.4) is 0 Å². The minimum Gasteiger partial charge on any atom is -0.379 e. The maximum Gasteiger partial charge on any atom is 0.267 e. The van der Waals surface area contributed by atoms with E-state index in [0.717, 1.165) is 43.9 Å². The van der Waals surface area contributed by atoms with Gasteiger partial charge in [0, 0.05) is 43.4 Å². The van der Waals surface area contributed by atoms with E-state index < -0.39 is 0 Å². The molecule has 2 rings (SSSR count). The molecule has 6 heteroatoms. The van der Waals surface area contributed by atoms with Crippen molar-refractivity contribution in [1.82, 2.24) is 14.8 Å². The van der Waals surface area contributed by atoms with Gasteiger partial charge in [-0.3, -0.25) is 9.69 Å². The normalized spacial score (nSPS) is 16.5. The van der Waals surface area contributed by atoms with E-state index in [4.69, 9.17) is 4.74 Å². The van der Waals surface area contributed by atoms with Gasteiger partial charge in [-0.05, 0) is 28.9 Å². The van der Waals surface area contributed by atoms with Gasteiger partial charge in [-0.25, -0.2) is 0 Å². The van der Waals surface area contributed by atoms with E-state index in [0.29, 0.717) is 12.2 Å². The van der Waals surface area contributed by atoms with Crippen molar-refractivity contribution in [2.45, 2.75) is 13.5 Å². The maximum absolute atomic E-state index is 12.1. The first kappa shape index (κ1) is 14.6. The Morgan fingerprint density at radius 2 is 2.21 bits per heavy atom. The fourth-order valence-corrected chi connectivity index (χ4v) is 2.63. The van der Waals surface area contributed by atoms with Crippen molar-refractivity contribution in [3.8, 4) is 0 Å². The van der Waals surface area contributed by atoms with Gasteiger partial charge in [0.15, 0.2) is 0 Å². The molecule has 0 unspecified atom stereocenters. The molecule has 5 nitrogen and oxygen atoms in total. The number of amides is 1. The summed E-state index contributed by atoms with van der Waals surface area (Å²) in [5.41, 5.74) is 0.705. The summed E-state index contributed by atoms with van der Waals surface area (Å²) in [6.45, 7) is 7.85. The van der Waals surface area contributed by atoms with Crippen molar-refractivity contribution in [3.63, 3.8) is 0 Å². The molecule has 0 saturated carbocycles. The largest absolute Gasteiger partial charge is 0.379 e. The summed E-state index contributed by atoms with van der Waals surface area (Å²) < 4.78 is 8.17. The summed E-state index contributed by atoms with van der Waals surface area (Å²) in [6, 6.07) is 1.85. The summed E-state index contributed by atoms with van der Waals surface area (Å²) in [4.78, 5) is 14.4. The second-order valence-corrected chi connectivity index (χ2v) is 5.46. The van der Waals surface area contributed by atoms with E-state index in [1.807, 2.05) is 23.8 Å². The van der Waals surface area contributed by atoms with Crippen molar-refractivity contribution >= 4 is 21.8 Å². The Morgan fingerprint density at radius 3 is 2.89 bits per heavy atom. The van der Waals surface area contributed by atoms with Gasteiger partial charge >= 0.3 is 0 Å². The predicted octanol–water partition coefficient (Wildman–Crippen LogP) is 1.33. The first-order valence-electron chi connectivity index (χ1n) is 6.64. The number of aryl methyl sites for hydroxylation is 1. The molecule has 1 amide bonds. The third kappa shape index (κ3) is 4.06. The average molecular weight is 330 g/mol. The molecule has 106 valence electrons. The number of halogens is 1. The molecule has 0 spiro atoms. The highest BCUT2D eigenvalue weighted by molar-refractivity contribution is 9.10. The summed E-state index contributed by atoms with van der Waals surface area (Å²) in [7, 11) is 0. The number of hydrogen-bond acceptors (Lipinski definition) is 3. The third-order valence-electron chi connectivity index (χ3n) is 3.25. The number of nitrogens with one attached hydrogen (secondary N) is 1. The van der Waals surface area contributed by atoms with Crippen LogP contribution in [0, 0.1) is 0 Å². The topological polar surface area (TPSA) is 46.5 Å². The van der Waals surface area contributed by atoms with Gasteiger partial charge in [0.2, 0.25) is 0 Å². The van der Waals surface area contributed by atoms with E-state index >= 15 is 0 Å². The maximum atomic E-state index is 12.1. The minimum absolute atomic E-state index is 0.0131. The van der Waals surface area contributed by atoms with Crippen molar-refractivity contribution in [1.29, 1.82) is 0 Å². The molecule has 1 aliphatic rings. The van der Waals surface area contributed by atoms with Gasteiger partial charge < -0.3 is 14.6 Å². The van der Waals surface area contributed by atoms with Crippen LogP contribution >= 0.6 is 15.9 Å². The Morgan fingerprint density at radius 1 is 1.47 bits per heavy atom. The molecule has 1 aromatic rings. The highest BCUT2D eigenvalue weighted by Gasteiger charge is 2.13. The lowest BCUT2D eigenvalue weighted by atomic mass is 10.3. The molecule has 0 aromatic carbocycles. The molecule has 1 N–H and O–H groups in total. The summed E-state index contributed by atoms with van der Waals surface area (Å²) in [6.07, 6.45) is 1.93. The molecule has 0 bridgehead atoms. The van der Waals surface area contributed by atoms with E-state index in [1.54, 1.807) is 0 Å². The van der Waals surface area contributed by atoms with Crippen LogP contribution in [-0.4, -0.2) is 54.8 Å². The third-order valence-corrected chi connectivity index (χ3v) is 3.69. The molecule has 1 aliphatic heterocycles. The second kappa shape index (κ2) is 7.07. The highest BCUT2D eigenvalue weighted by Crippen LogP contribution is 2.14. The zero-order valence-corrected chi connectivity index (χ0v) is 12.8. The van der Waals surface area contributed by atoms with Crippen LogP contribution in [0.4, 0.5) is 0 Å². The lowest BCUT2D eigenvalue weighted by molar-refractivity contribution is 0.0383. The number of morpholine rings is 1. The number of ether oxygens (including phenoxy) is 1. The van der Waals surface area contributed by atoms with Gasteiger partial charge in [0.05, 0.1) is 13.2 Å². The Hall–Kier alpha value is -0.850. The number of carbonyl (C=O) groups is 1. The smallest absolute Gasteiger partial charge is 0.267 e. The van der Waals surface area contributed by atoms with Gasteiger partial charge in [-0.1, -0.05) is 0 Å². The Bertz CT molecular complexity index is 428. The number of nitrogens with zero attached hydrogens (tertiary/aromatic N) is 2. The van der Waals surface area contributed by atoms with Crippen molar-refractivity contribution in [2.75, 3.05) is 39.4 Å². The monoisotopic (exact) mass is 329 g/mol. The SMILES string of the molecule is CCn1cc(Br)cc1C(=O)NCCN1CCOCC1. The molecule has 0 aliphatic carbocycles. The van der Waals surface area contributed by atoms with Crippen LogP contribution < -0.4 is 5.32 Å². The molecule has 0 atom stereocenters. The standard InChI is InChI=1S/C13H20BrN3O2/c1-2-17-10-11(14)9-12(17)13(18)15-3-4-16-5-7-19-8-6-16/h9-10H,2-8H2,1H3,(H,15,18). The molecule has 1 saturated heterocycles. The van der Waals surface area contributed by atoms with Gasteiger partial charge in [-0.2, -0.15) is 0 Å². The quantitative estimate of drug-likeness (QED) is 0.886.